The Bertz CT molecular complexity index is 991. The van der Waals surface area contributed by atoms with Crippen molar-refractivity contribution in [2.24, 2.45) is 4.99 Å². The number of carbonyl (C=O) groups is 1. The van der Waals surface area contributed by atoms with Gasteiger partial charge in [-0.2, -0.15) is 0 Å². The van der Waals surface area contributed by atoms with E-state index in [1.807, 2.05) is 31.4 Å². The van der Waals surface area contributed by atoms with Crippen molar-refractivity contribution in [3.8, 4) is 17.2 Å². The molecule has 29 heavy (non-hydrogen) atoms. The highest BCUT2D eigenvalue weighted by molar-refractivity contribution is 8.13. The average Bonchev–Trinajstić information content (AvgIpc) is 3.04. The van der Waals surface area contributed by atoms with Gasteiger partial charge >= 0.3 is 0 Å². The molecule has 0 saturated carbocycles. The van der Waals surface area contributed by atoms with Crippen LogP contribution in [0.15, 0.2) is 47.1 Å². The molecule has 2 aromatic carbocycles. The molecule has 6 nitrogen and oxygen atoms in total. The van der Waals surface area contributed by atoms with E-state index in [0.29, 0.717) is 45.4 Å². The van der Waals surface area contributed by atoms with E-state index in [4.69, 9.17) is 25.8 Å². The SMILES string of the molecule is CCOc1ccc(/C=C2/N=C(SC)N(c3ccc(OC)c(Cl)c3)C2=O)cc1OC. The number of methoxy groups -OCH3 is 2. The van der Waals surface area contributed by atoms with Gasteiger partial charge in [-0.1, -0.05) is 29.4 Å². The Morgan fingerprint density at radius 1 is 1.10 bits per heavy atom. The summed E-state index contributed by atoms with van der Waals surface area (Å²) in [5.74, 6) is 1.56. The first-order valence-electron chi connectivity index (χ1n) is 8.85. The average molecular weight is 433 g/mol. The van der Waals surface area contributed by atoms with Crippen LogP contribution < -0.4 is 19.1 Å². The lowest BCUT2D eigenvalue weighted by Gasteiger charge is -2.17. The zero-order chi connectivity index (χ0) is 21.0. The summed E-state index contributed by atoms with van der Waals surface area (Å²) in [6.45, 7) is 2.45. The van der Waals surface area contributed by atoms with Crippen LogP contribution in [0, 0.1) is 0 Å². The van der Waals surface area contributed by atoms with Crippen molar-refractivity contribution in [2.75, 3.05) is 32.0 Å². The third-order valence-corrected chi connectivity index (χ3v) is 5.13. The summed E-state index contributed by atoms with van der Waals surface area (Å²) in [4.78, 5) is 19.1. The van der Waals surface area contributed by atoms with Crippen molar-refractivity contribution >= 4 is 46.2 Å². The largest absolute Gasteiger partial charge is 0.495 e. The molecule has 8 heteroatoms. The summed E-state index contributed by atoms with van der Waals surface area (Å²) in [7, 11) is 3.12. The topological polar surface area (TPSA) is 60.4 Å². The van der Waals surface area contributed by atoms with Crippen molar-refractivity contribution in [3.05, 3.63) is 52.7 Å². The molecule has 0 aromatic heterocycles. The standard InChI is InChI=1S/C21H21ClN2O4S/c1-5-28-18-8-6-13(11-19(18)27-3)10-16-20(25)24(21(23-16)29-4)14-7-9-17(26-2)15(22)12-14/h6-12H,5H2,1-4H3/b16-10+. The maximum absolute atomic E-state index is 13.1. The molecule has 0 aliphatic carbocycles. The van der Waals surface area contributed by atoms with Gasteiger partial charge in [-0.3, -0.25) is 9.69 Å². The zero-order valence-electron chi connectivity index (χ0n) is 16.6. The van der Waals surface area contributed by atoms with E-state index in [9.17, 15) is 4.79 Å². The molecule has 1 amide bonds. The third-order valence-electron chi connectivity index (χ3n) is 4.20. The first-order chi connectivity index (χ1) is 14.0. The van der Waals surface area contributed by atoms with E-state index in [2.05, 4.69) is 4.99 Å². The van der Waals surface area contributed by atoms with Crippen LogP contribution in [0.5, 0.6) is 17.2 Å². The first-order valence-corrected chi connectivity index (χ1v) is 10.5. The summed E-state index contributed by atoms with van der Waals surface area (Å²) in [6, 6.07) is 10.7. The minimum Gasteiger partial charge on any atom is -0.495 e. The highest BCUT2D eigenvalue weighted by Gasteiger charge is 2.31. The zero-order valence-corrected chi connectivity index (χ0v) is 18.1. The second kappa shape index (κ2) is 9.24. The van der Waals surface area contributed by atoms with Crippen LogP contribution in [0.2, 0.25) is 5.02 Å². The summed E-state index contributed by atoms with van der Waals surface area (Å²) in [5.41, 5.74) is 1.74. The molecule has 1 aliphatic rings. The van der Waals surface area contributed by atoms with Gasteiger partial charge < -0.3 is 14.2 Å². The number of benzene rings is 2. The van der Waals surface area contributed by atoms with Gasteiger partial charge in [0, 0.05) is 0 Å². The quantitative estimate of drug-likeness (QED) is 0.610. The molecule has 0 saturated heterocycles. The Labute approximate surface area is 179 Å². The number of amidine groups is 1. The maximum atomic E-state index is 13.1. The number of thioether (sulfide) groups is 1. The number of halogens is 1. The molecule has 0 radical (unpaired) electrons. The normalized spacial score (nSPS) is 14.9. The maximum Gasteiger partial charge on any atom is 0.283 e. The van der Waals surface area contributed by atoms with Crippen LogP contribution in [0.3, 0.4) is 0 Å². The van der Waals surface area contributed by atoms with Gasteiger partial charge in [0.1, 0.15) is 11.4 Å². The van der Waals surface area contributed by atoms with Gasteiger partial charge in [-0.15, -0.1) is 0 Å². The fourth-order valence-corrected chi connectivity index (χ4v) is 3.67. The lowest BCUT2D eigenvalue weighted by Crippen LogP contribution is -2.30. The van der Waals surface area contributed by atoms with E-state index in [-0.39, 0.29) is 5.91 Å². The Kier molecular flexibility index (Phi) is 6.71. The molecule has 3 rings (SSSR count). The van der Waals surface area contributed by atoms with Crippen LogP contribution in [0.25, 0.3) is 6.08 Å². The van der Waals surface area contributed by atoms with Crippen LogP contribution in [-0.2, 0) is 4.79 Å². The lowest BCUT2D eigenvalue weighted by molar-refractivity contribution is -0.113. The van der Waals surface area contributed by atoms with Crippen molar-refractivity contribution < 1.29 is 19.0 Å². The van der Waals surface area contributed by atoms with E-state index in [0.717, 1.165) is 5.56 Å². The van der Waals surface area contributed by atoms with Gasteiger partial charge in [0.2, 0.25) is 0 Å². The van der Waals surface area contributed by atoms with Gasteiger partial charge in [0.05, 0.1) is 31.5 Å². The van der Waals surface area contributed by atoms with Crippen molar-refractivity contribution in [2.45, 2.75) is 6.92 Å². The van der Waals surface area contributed by atoms with E-state index in [1.54, 1.807) is 38.5 Å². The monoisotopic (exact) mass is 432 g/mol. The predicted molar refractivity (Wildman–Crippen MR) is 119 cm³/mol. The molecule has 1 heterocycles. The summed E-state index contributed by atoms with van der Waals surface area (Å²) >= 11 is 7.62. The molecular weight excluding hydrogens is 412 g/mol. The lowest BCUT2D eigenvalue weighted by atomic mass is 10.1. The Hall–Kier alpha value is -2.64. The van der Waals surface area contributed by atoms with Gasteiger partial charge in [0.15, 0.2) is 16.7 Å². The fourth-order valence-electron chi connectivity index (χ4n) is 2.86. The number of hydrogen-bond acceptors (Lipinski definition) is 6. The molecule has 152 valence electrons. The molecule has 2 aromatic rings. The first kappa shape index (κ1) is 21.1. The van der Waals surface area contributed by atoms with Crippen LogP contribution >= 0.6 is 23.4 Å². The van der Waals surface area contributed by atoms with Crippen LogP contribution in [0.4, 0.5) is 5.69 Å². The minimum atomic E-state index is -0.233. The molecule has 1 aliphatic heterocycles. The van der Waals surface area contributed by atoms with E-state index < -0.39 is 0 Å². The highest BCUT2D eigenvalue weighted by Crippen LogP contribution is 2.34. The number of nitrogens with zero attached hydrogens (tertiary/aromatic N) is 2. The molecule has 0 bridgehead atoms. The van der Waals surface area contributed by atoms with Crippen LogP contribution in [-0.4, -0.2) is 38.2 Å². The number of aliphatic imine (C=N–C) groups is 1. The smallest absolute Gasteiger partial charge is 0.283 e. The Balaban J connectivity index is 1.95. The number of amides is 1. The Morgan fingerprint density at radius 3 is 2.45 bits per heavy atom. The highest BCUT2D eigenvalue weighted by atomic mass is 35.5. The van der Waals surface area contributed by atoms with Gasteiger partial charge in [-0.05, 0) is 55.2 Å². The number of anilines is 1. The molecule has 0 unspecified atom stereocenters. The minimum absolute atomic E-state index is 0.233. The van der Waals surface area contributed by atoms with Crippen molar-refractivity contribution in [3.63, 3.8) is 0 Å². The second-order valence-electron chi connectivity index (χ2n) is 5.93. The van der Waals surface area contributed by atoms with Crippen molar-refractivity contribution in [1.29, 1.82) is 0 Å². The number of carbonyl (C=O) groups excluding carboxylic acids is 1. The molecule has 0 spiro atoms. The number of rotatable bonds is 6. The van der Waals surface area contributed by atoms with E-state index in [1.165, 1.54) is 16.7 Å². The van der Waals surface area contributed by atoms with Gasteiger partial charge in [-0.25, -0.2) is 4.99 Å². The predicted octanol–water partition coefficient (Wildman–Crippen LogP) is 4.86. The molecule has 0 atom stereocenters. The Morgan fingerprint density at radius 2 is 1.83 bits per heavy atom. The molecule has 0 N–H and O–H groups in total. The second-order valence-corrected chi connectivity index (χ2v) is 7.11. The summed E-state index contributed by atoms with van der Waals surface area (Å²) in [6.07, 6.45) is 3.59. The third kappa shape index (κ3) is 4.36. The van der Waals surface area contributed by atoms with E-state index >= 15 is 0 Å². The molecular formula is C21H21ClN2O4S. The number of hydrogen-bond donors (Lipinski definition) is 0. The van der Waals surface area contributed by atoms with Crippen molar-refractivity contribution in [1.82, 2.24) is 0 Å². The summed E-state index contributed by atoms with van der Waals surface area (Å²) in [5, 5.41) is 0.993. The fraction of sp³-hybridized carbons (Fsp3) is 0.238. The summed E-state index contributed by atoms with van der Waals surface area (Å²) < 4.78 is 16.1. The van der Waals surface area contributed by atoms with Gasteiger partial charge in [0.25, 0.3) is 5.91 Å². The molecule has 0 fully saturated rings. The van der Waals surface area contributed by atoms with Crippen LogP contribution in [0.1, 0.15) is 12.5 Å². The number of ether oxygens (including phenoxy) is 3.